The fourth-order valence-electron chi connectivity index (χ4n) is 2.28. The lowest BCUT2D eigenvalue weighted by Crippen LogP contribution is -2.30. The lowest BCUT2D eigenvalue weighted by Gasteiger charge is -2.17. The zero-order chi connectivity index (χ0) is 17.4. The predicted molar refractivity (Wildman–Crippen MR) is 87.7 cm³/mol. The molecule has 0 saturated carbocycles. The molecule has 0 fully saturated rings. The van der Waals surface area contributed by atoms with Gasteiger partial charge in [0, 0.05) is 29.8 Å². The minimum absolute atomic E-state index is 0.175. The van der Waals surface area contributed by atoms with E-state index in [1.807, 2.05) is 0 Å². The number of nitrogens with two attached hydrogens (primary N) is 1. The van der Waals surface area contributed by atoms with Crippen LogP contribution in [0.2, 0.25) is 0 Å². The van der Waals surface area contributed by atoms with Crippen molar-refractivity contribution in [3.05, 3.63) is 47.2 Å². The minimum Gasteiger partial charge on any atom is -0.478 e. The van der Waals surface area contributed by atoms with Gasteiger partial charge in [0.1, 0.15) is 5.76 Å². The number of rotatable bonds is 4. The van der Waals surface area contributed by atoms with Crippen molar-refractivity contribution < 1.29 is 17.9 Å². The summed E-state index contributed by atoms with van der Waals surface area (Å²) in [5.41, 5.74) is 5.45. The molecule has 1 aliphatic heterocycles. The molecule has 2 rings (SSSR count). The summed E-state index contributed by atoms with van der Waals surface area (Å²) in [4.78, 5) is 12.7. The summed E-state index contributed by atoms with van der Waals surface area (Å²) in [5, 5.41) is 7.42. The normalized spacial score (nSPS) is 18.0. The van der Waals surface area contributed by atoms with E-state index in [1.165, 1.54) is 18.3 Å². The summed E-state index contributed by atoms with van der Waals surface area (Å²) < 4.78 is 28.8. The Balaban J connectivity index is 2.62. The molecule has 3 N–H and O–H groups in total. The fraction of sp³-hybridized carbons (Fsp3) is 0.250. The highest BCUT2D eigenvalue weighted by atomic mass is 32.2. The van der Waals surface area contributed by atoms with Gasteiger partial charge >= 0.3 is 0 Å². The van der Waals surface area contributed by atoms with Gasteiger partial charge in [0.25, 0.3) is 0 Å². The van der Waals surface area contributed by atoms with Crippen LogP contribution in [0, 0.1) is 5.41 Å². The number of sulfone groups is 1. The molecule has 1 aromatic carbocycles. The number of hydrogen-bond acceptors (Lipinski definition) is 6. The van der Waals surface area contributed by atoms with Gasteiger partial charge in [0.05, 0.1) is 10.5 Å². The van der Waals surface area contributed by atoms with Crippen LogP contribution in [-0.4, -0.2) is 32.3 Å². The highest BCUT2D eigenvalue weighted by Gasteiger charge is 2.43. The third-order valence-electron chi connectivity index (χ3n) is 3.53. The molecule has 1 aliphatic rings. The van der Waals surface area contributed by atoms with E-state index in [9.17, 15) is 13.2 Å². The first-order valence-electron chi connectivity index (χ1n) is 6.83. The van der Waals surface area contributed by atoms with Crippen LogP contribution in [0.3, 0.4) is 0 Å². The molecule has 6 nitrogen and oxygen atoms in total. The van der Waals surface area contributed by atoms with Crippen molar-refractivity contribution >= 4 is 27.6 Å². The molecular formula is C16H18N2O4S. The van der Waals surface area contributed by atoms with Crippen LogP contribution in [0.15, 0.2) is 46.5 Å². The summed E-state index contributed by atoms with van der Waals surface area (Å²) in [7, 11) is -3.31. The van der Waals surface area contributed by atoms with Crippen LogP contribution in [0.4, 0.5) is 0 Å². The molecule has 0 bridgehead atoms. The van der Waals surface area contributed by atoms with Crippen LogP contribution in [0.5, 0.6) is 0 Å². The first-order valence-corrected chi connectivity index (χ1v) is 8.72. The smallest absolute Gasteiger partial charge is 0.210 e. The van der Waals surface area contributed by atoms with E-state index in [-0.39, 0.29) is 21.8 Å². The topological polar surface area (TPSA) is 110 Å². The van der Waals surface area contributed by atoms with Crippen molar-refractivity contribution in [3.63, 3.8) is 0 Å². The van der Waals surface area contributed by atoms with Crippen molar-refractivity contribution in [2.75, 3.05) is 6.26 Å². The first kappa shape index (κ1) is 17.0. The fourth-order valence-corrected chi connectivity index (χ4v) is 2.91. The van der Waals surface area contributed by atoms with Gasteiger partial charge in [-0.15, -0.1) is 0 Å². The number of carbonyl (C=O) groups is 1. The Labute approximate surface area is 135 Å². The second-order valence-electron chi connectivity index (χ2n) is 5.71. The zero-order valence-corrected chi connectivity index (χ0v) is 13.9. The maximum Gasteiger partial charge on any atom is 0.210 e. The average molecular weight is 334 g/mol. The number of ketones is 1. The van der Waals surface area contributed by atoms with E-state index < -0.39 is 15.4 Å². The van der Waals surface area contributed by atoms with Crippen LogP contribution in [0.1, 0.15) is 19.4 Å². The first-order chi connectivity index (χ1) is 10.6. The van der Waals surface area contributed by atoms with Gasteiger partial charge in [0.2, 0.25) is 5.78 Å². The van der Waals surface area contributed by atoms with Gasteiger partial charge in [-0.05, 0) is 38.1 Å². The lowest BCUT2D eigenvalue weighted by molar-refractivity contribution is -0.126. The Kier molecular flexibility index (Phi) is 4.17. The van der Waals surface area contributed by atoms with Gasteiger partial charge in [0.15, 0.2) is 15.4 Å². The number of benzene rings is 1. The van der Waals surface area contributed by atoms with E-state index >= 15 is 0 Å². The zero-order valence-electron chi connectivity index (χ0n) is 13.1. The monoisotopic (exact) mass is 334 g/mol. The largest absolute Gasteiger partial charge is 0.478 e. The number of allylic oxidation sites excluding steroid dienone is 1. The maximum atomic E-state index is 12.5. The molecule has 0 radical (unpaired) electrons. The summed E-state index contributed by atoms with van der Waals surface area (Å²) >= 11 is 0. The summed E-state index contributed by atoms with van der Waals surface area (Å²) in [6.07, 6.45) is 3.29. The van der Waals surface area contributed by atoms with Crippen molar-refractivity contribution in [3.8, 4) is 0 Å². The minimum atomic E-state index is -3.31. The van der Waals surface area contributed by atoms with Crippen molar-refractivity contribution in [1.29, 1.82) is 5.41 Å². The molecule has 122 valence electrons. The van der Waals surface area contributed by atoms with Gasteiger partial charge in [-0.25, -0.2) is 8.42 Å². The van der Waals surface area contributed by atoms with Gasteiger partial charge in [-0.2, -0.15) is 0 Å². The third-order valence-corrected chi connectivity index (χ3v) is 4.66. The van der Waals surface area contributed by atoms with Crippen molar-refractivity contribution in [2.45, 2.75) is 24.3 Å². The standard InChI is InChI=1S/C16H18N2O4S/c1-16(2)15(19)13(11(8-17)9-18)14(22-16)10-4-6-12(7-5-10)23(3,20)21/h4-9,17H,18H2,1-3H3/b11-9+,17-8?. The Hall–Kier alpha value is -2.41. The Morgan fingerprint density at radius 1 is 1.26 bits per heavy atom. The SMILES string of the molecule is CC1(C)OC(c2ccc(S(C)(=O)=O)cc2)=C(/C(C=N)=C/N)C1=O. The molecule has 0 aliphatic carbocycles. The van der Waals surface area contributed by atoms with E-state index in [1.54, 1.807) is 26.0 Å². The molecule has 23 heavy (non-hydrogen) atoms. The van der Waals surface area contributed by atoms with Gasteiger partial charge in [-0.1, -0.05) is 0 Å². The quantitative estimate of drug-likeness (QED) is 0.814. The number of ether oxygens (including phenoxy) is 1. The highest BCUT2D eigenvalue weighted by molar-refractivity contribution is 7.90. The second kappa shape index (κ2) is 5.66. The molecule has 0 amide bonds. The molecule has 1 heterocycles. The van der Waals surface area contributed by atoms with E-state index in [0.29, 0.717) is 11.3 Å². The number of hydrogen-bond donors (Lipinski definition) is 2. The number of nitrogens with one attached hydrogen (secondary N) is 1. The molecule has 1 aromatic rings. The Bertz CT molecular complexity index is 831. The number of Topliss-reactive ketones (excluding diaryl/α,β-unsaturated/α-hetero) is 1. The third kappa shape index (κ3) is 3.05. The van der Waals surface area contributed by atoms with Crippen LogP contribution >= 0.6 is 0 Å². The van der Waals surface area contributed by atoms with Crippen LogP contribution in [-0.2, 0) is 19.4 Å². The highest BCUT2D eigenvalue weighted by Crippen LogP contribution is 2.39. The van der Waals surface area contributed by atoms with Crippen molar-refractivity contribution in [1.82, 2.24) is 0 Å². The van der Waals surface area contributed by atoms with E-state index in [2.05, 4.69) is 0 Å². The average Bonchev–Trinajstić information content (AvgIpc) is 2.72. The predicted octanol–water partition coefficient (Wildman–Crippen LogP) is 1.67. The molecule has 7 heteroatoms. The van der Waals surface area contributed by atoms with E-state index in [0.717, 1.165) is 12.5 Å². The molecule has 0 saturated heterocycles. The summed E-state index contributed by atoms with van der Waals surface area (Å²) in [6, 6.07) is 6.03. The number of carbonyl (C=O) groups excluding carboxylic acids is 1. The summed E-state index contributed by atoms with van der Waals surface area (Å²) in [5.74, 6) is 0.0140. The second-order valence-corrected chi connectivity index (χ2v) is 7.72. The molecular weight excluding hydrogens is 316 g/mol. The van der Waals surface area contributed by atoms with E-state index in [4.69, 9.17) is 15.9 Å². The van der Waals surface area contributed by atoms with Crippen molar-refractivity contribution in [2.24, 2.45) is 5.73 Å². The van der Waals surface area contributed by atoms with Gasteiger partial charge in [-0.3, -0.25) is 4.79 Å². The lowest BCUT2D eigenvalue weighted by atomic mass is 9.93. The van der Waals surface area contributed by atoms with Crippen LogP contribution in [0.25, 0.3) is 5.76 Å². The van der Waals surface area contributed by atoms with Gasteiger partial charge < -0.3 is 15.9 Å². The molecule has 0 unspecified atom stereocenters. The maximum absolute atomic E-state index is 12.5. The molecule has 0 aromatic heterocycles. The van der Waals surface area contributed by atoms with Crippen LogP contribution < -0.4 is 5.73 Å². The Morgan fingerprint density at radius 2 is 1.83 bits per heavy atom. The molecule has 0 atom stereocenters. The summed E-state index contributed by atoms with van der Waals surface area (Å²) in [6.45, 7) is 3.26. The Morgan fingerprint density at radius 3 is 2.26 bits per heavy atom. The molecule has 0 spiro atoms.